The first-order valence-electron chi connectivity index (χ1n) is 8.59. The molecule has 0 bridgehead atoms. The van der Waals surface area contributed by atoms with E-state index in [-0.39, 0.29) is 23.8 Å². The third-order valence-electron chi connectivity index (χ3n) is 4.82. The average Bonchev–Trinajstić information content (AvgIpc) is 3.11. The first-order valence-corrected chi connectivity index (χ1v) is 9.34. The number of hydrogen-bond donors (Lipinski definition) is 2. The molecule has 1 amide bonds. The molecule has 2 aromatic rings. The second-order valence-corrected chi connectivity index (χ2v) is 7.45. The van der Waals surface area contributed by atoms with Crippen LogP contribution >= 0.6 is 23.2 Å². The number of halogens is 2. The van der Waals surface area contributed by atoms with Crippen LogP contribution < -0.4 is 15.4 Å². The van der Waals surface area contributed by atoms with E-state index in [9.17, 15) is 4.79 Å². The number of methoxy groups -OCH3 is 1. The Morgan fingerprint density at radius 2 is 1.92 bits per heavy atom. The van der Waals surface area contributed by atoms with Gasteiger partial charge in [-0.25, -0.2) is 0 Å². The summed E-state index contributed by atoms with van der Waals surface area (Å²) in [7, 11) is 1.63. The Bertz CT molecular complexity index is 777. The number of amides is 1. The topological polar surface area (TPSA) is 50.4 Å². The summed E-state index contributed by atoms with van der Waals surface area (Å²) in [6.45, 7) is 3.33. The normalized spacial score (nSPS) is 20.6. The predicted octanol–water partition coefficient (Wildman–Crippen LogP) is 4.18. The second-order valence-electron chi connectivity index (χ2n) is 6.58. The Kier molecular flexibility index (Phi) is 6.07. The van der Waals surface area contributed by atoms with E-state index >= 15 is 0 Å². The minimum Gasteiger partial charge on any atom is -0.497 e. The molecular weight excluding hydrogens is 371 g/mol. The lowest BCUT2D eigenvalue weighted by Crippen LogP contribution is -2.36. The fraction of sp³-hybridized carbons (Fsp3) is 0.350. The molecule has 0 spiro atoms. The average molecular weight is 393 g/mol. The highest BCUT2D eigenvalue weighted by molar-refractivity contribution is 6.34. The van der Waals surface area contributed by atoms with Crippen molar-refractivity contribution in [3.05, 3.63) is 63.6 Å². The maximum Gasteiger partial charge on any atom is 0.225 e. The van der Waals surface area contributed by atoms with Crippen molar-refractivity contribution in [1.29, 1.82) is 0 Å². The van der Waals surface area contributed by atoms with Gasteiger partial charge in [0.1, 0.15) is 5.75 Å². The van der Waals surface area contributed by atoms with Crippen LogP contribution in [-0.2, 0) is 4.79 Å². The molecule has 1 fully saturated rings. The van der Waals surface area contributed by atoms with Crippen LogP contribution in [0.25, 0.3) is 0 Å². The standard InChI is InChI=1S/C20H22Cl2N2O2/c1-12(13-4-3-5-17(8-13)26-2)24-20(25)19-11-23-10-18(19)14-6-15(21)9-16(22)7-14/h3-9,12,18-19,23H,10-11H2,1-2H3,(H,24,25)/t12-,18-,19+/m0/s1. The molecule has 138 valence electrons. The van der Waals surface area contributed by atoms with E-state index in [1.54, 1.807) is 13.2 Å². The van der Waals surface area contributed by atoms with Crippen molar-refractivity contribution in [3.63, 3.8) is 0 Å². The SMILES string of the molecule is COc1cccc([C@H](C)NC(=O)[C@@H]2CNC[C@H]2c2cc(Cl)cc(Cl)c2)c1. The first-order chi connectivity index (χ1) is 12.5. The zero-order valence-corrected chi connectivity index (χ0v) is 16.3. The van der Waals surface area contributed by atoms with Gasteiger partial charge in [-0.15, -0.1) is 0 Å². The van der Waals surface area contributed by atoms with E-state index in [1.165, 1.54) is 0 Å². The van der Waals surface area contributed by atoms with E-state index in [1.807, 2.05) is 43.3 Å². The molecular formula is C20H22Cl2N2O2. The molecule has 0 aliphatic carbocycles. The van der Waals surface area contributed by atoms with E-state index < -0.39 is 0 Å². The summed E-state index contributed by atoms with van der Waals surface area (Å²) in [6, 6.07) is 13.1. The third-order valence-corrected chi connectivity index (χ3v) is 5.25. The van der Waals surface area contributed by atoms with Crippen molar-refractivity contribution >= 4 is 29.1 Å². The number of ether oxygens (including phenoxy) is 1. The third kappa shape index (κ3) is 4.32. The Hall–Kier alpha value is -1.75. The van der Waals surface area contributed by atoms with Crippen LogP contribution in [0.4, 0.5) is 0 Å². The van der Waals surface area contributed by atoms with Gasteiger partial charge >= 0.3 is 0 Å². The van der Waals surface area contributed by atoms with Crippen molar-refractivity contribution < 1.29 is 9.53 Å². The predicted molar refractivity (Wildman–Crippen MR) is 105 cm³/mol. The van der Waals surface area contributed by atoms with Gasteiger partial charge in [0.2, 0.25) is 5.91 Å². The fourth-order valence-electron chi connectivity index (χ4n) is 3.41. The molecule has 1 aliphatic rings. The number of carbonyl (C=O) groups is 1. The minimum atomic E-state index is -0.169. The molecule has 0 saturated carbocycles. The van der Waals surface area contributed by atoms with Gasteiger partial charge in [-0.05, 0) is 48.4 Å². The van der Waals surface area contributed by atoms with Crippen molar-refractivity contribution in [1.82, 2.24) is 10.6 Å². The molecule has 3 atom stereocenters. The van der Waals surface area contributed by atoms with Gasteiger partial charge in [-0.2, -0.15) is 0 Å². The molecule has 0 aromatic heterocycles. The Balaban J connectivity index is 1.73. The molecule has 4 nitrogen and oxygen atoms in total. The van der Waals surface area contributed by atoms with Gasteiger partial charge in [-0.3, -0.25) is 4.79 Å². The van der Waals surface area contributed by atoms with Crippen LogP contribution in [0, 0.1) is 5.92 Å². The molecule has 0 unspecified atom stereocenters. The summed E-state index contributed by atoms with van der Waals surface area (Å²) in [5, 5.41) is 7.60. The molecule has 0 radical (unpaired) electrons. The number of benzene rings is 2. The van der Waals surface area contributed by atoms with Crippen molar-refractivity contribution in [3.8, 4) is 5.75 Å². The van der Waals surface area contributed by atoms with Crippen molar-refractivity contribution in [2.24, 2.45) is 5.92 Å². The maximum absolute atomic E-state index is 12.9. The summed E-state index contributed by atoms with van der Waals surface area (Å²) in [5.74, 6) is 0.672. The summed E-state index contributed by atoms with van der Waals surface area (Å²) >= 11 is 12.3. The van der Waals surface area contributed by atoms with Gasteiger partial charge in [0.25, 0.3) is 0 Å². The zero-order chi connectivity index (χ0) is 18.7. The van der Waals surface area contributed by atoms with Gasteiger partial charge in [0.15, 0.2) is 0 Å². The molecule has 26 heavy (non-hydrogen) atoms. The summed E-state index contributed by atoms with van der Waals surface area (Å²) in [4.78, 5) is 12.9. The number of hydrogen-bond acceptors (Lipinski definition) is 3. The van der Waals surface area contributed by atoms with E-state index in [2.05, 4.69) is 10.6 Å². The van der Waals surface area contributed by atoms with Crippen LogP contribution in [0.5, 0.6) is 5.75 Å². The molecule has 6 heteroatoms. The van der Waals surface area contributed by atoms with Gasteiger partial charge in [-0.1, -0.05) is 35.3 Å². The van der Waals surface area contributed by atoms with Crippen LogP contribution in [0.15, 0.2) is 42.5 Å². The molecule has 2 aromatic carbocycles. The summed E-state index contributed by atoms with van der Waals surface area (Å²) in [5.41, 5.74) is 1.99. The Labute approximate surface area is 163 Å². The smallest absolute Gasteiger partial charge is 0.225 e. The lowest BCUT2D eigenvalue weighted by molar-refractivity contribution is -0.125. The Morgan fingerprint density at radius 1 is 1.19 bits per heavy atom. The molecule has 3 rings (SSSR count). The largest absolute Gasteiger partial charge is 0.497 e. The highest BCUT2D eigenvalue weighted by atomic mass is 35.5. The Morgan fingerprint density at radius 3 is 2.62 bits per heavy atom. The summed E-state index contributed by atoms with van der Waals surface area (Å²) in [6.07, 6.45) is 0. The molecule has 2 N–H and O–H groups in total. The minimum absolute atomic E-state index is 0.0198. The van der Waals surface area contributed by atoms with Gasteiger partial charge in [0.05, 0.1) is 19.1 Å². The van der Waals surface area contributed by atoms with Gasteiger partial charge < -0.3 is 15.4 Å². The van der Waals surface area contributed by atoms with Crippen LogP contribution in [0.1, 0.15) is 30.0 Å². The summed E-state index contributed by atoms with van der Waals surface area (Å²) < 4.78 is 5.26. The van der Waals surface area contributed by atoms with Crippen LogP contribution in [0.3, 0.4) is 0 Å². The lowest BCUT2D eigenvalue weighted by atomic mass is 9.88. The first kappa shape index (κ1) is 19.0. The van der Waals surface area contributed by atoms with Gasteiger partial charge in [0, 0.05) is 29.1 Å². The fourth-order valence-corrected chi connectivity index (χ4v) is 3.95. The van der Waals surface area contributed by atoms with E-state index in [0.717, 1.165) is 23.4 Å². The highest BCUT2D eigenvalue weighted by Crippen LogP contribution is 2.32. The van der Waals surface area contributed by atoms with E-state index in [4.69, 9.17) is 27.9 Å². The number of rotatable bonds is 5. The van der Waals surface area contributed by atoms with Crippen molar-refractivity contribution in [2.45, 2.75) is 18.9 Å². The quantitative estimate of drug-likeness (QED) is 0.801. The zero-order valence-electron chi connectivity index (χ0n) is 14.8. The highest BCUT2D eigenvalue weighted by Gasteiger charge is 2.34. The number of nitrogens with one attached hydrogen (secondary N) is 2. The van der Waals surface area contributed by atoms with Crippen molar-refractivity contribution in [2.75, 3.05) is 20.2 Å². The molecule has 1 saturated heterocycles. The second kappa shape index (κ2) is 8.30. The van der Waals surface area contributed by atoms with Crippen LogP contribution in [0.2, 0.25) is 10.0 Å². The van der Waals surface area contributed by atoms with Crippen LogP contribution in [-0.4, -0.2) is 26.1 Å². The monoisotopic (exact) mass is 392 g/mol. The molecule has 1 heterocycles. The number of carbonyl (C=O) groups excluding carboxylic acids is 1. The molecule has 1 aliphatic heterocycles. The van der Waals surface area contributed by atoms with E-state index in [0.29, 0.717) is 16.6 Å². The maximum atomic E-state index is 12.9. The lowest BCUT2D eigenvalue weighted by Gasteiger charge is -2.22.